The number of ether oxygens (including phenoxy) is 1. The van der Waals surface area contributed by atoms with Crippen LogP contribution in [0, 0.1) is 0 Å². The van der Waals surface area contributed by atoms with Gasteiger partial charge in [0.15, 0.2) is 11.5 Å². The Morgan fingerprint density at radius 2 is 1.51 bits per heavy atom. The van der Waals surface area contributed by atoms with Crippen LogP contribution in [0.1, 0.15) is 41.0 Å². The number of piperidine rings is 1. The molecule has 0 bridgehead atoms. The quantitative estimate of drug-likeness (QED) is 0.235. The van der Waals surface area contributed by atoms with E-state index >= 15 is 0 Å². The fourth-order valence-corrected chi connectivity index (χ4v) is 5.00. The van der Waals surface area contributed by atoms with Crippen molar-refractivity contribution in [2.45, 2.75) is 25.1 Å². The number of benzene rings is 3. The van der Waals surface area contributed by atoms with E-state index in [2.05, 4.69) is 58.6 Å². The number of β-amino-alcohol motifs (C(OH)–C–C–N with tert-alkyl or cyclic N) is 1. The SMILES string of the molecule is OC(COc1ccccc1/C=C/c1cc(C(F)(F)F)no1)CN1CCC(=C(c2ccccc2)c2ccccc2)CC1. The molecule has 1 aromatic heterocycles. The van der Waals surface area contributed by atoms with Gasteiger partial charge >= 0.3 is 6.18 Å². The molecule has 0 spiro atoms. The Morgan fingerprint density at radius 3 is 2.12 bits per heavy atom. The molecule has 1 aliphatic rings. The molecule has 1 atom stereocenters. The first-order chi connectivity index (χ1) is 19.9. The lowest BCUT2D eigenvalue weighted by molar-refractivity contribution is -0.142. The van der Waals surface area contributed by atoms with Crippen molar-refractivity contribution in [2.75, 3.05) is 26.2 Å². The molecule has 212 valence electrons. The van der Waals surface area contributed by atoms with Gasteiger partial charge < -0.3 is 14.4 Å². The monoisotopic (exact) mass is 560 g/mol. The molecule has 8 heteroatoms. The highest BCUT2D eigenvalue weighted by Gasteiger charge is 2.34. The van der Waals surface area contributed by atoms with Crippen LogP contribution in [0.3, 0.4) is 0 Å². The van der Waals surface area contributed by atoms with Gasteiger partial charge in [0.2, 0.25) is 0 Å². The molecule has 41 heavy (non-hydrogen) atoms. The molecule has 1 saturated heterocycles. The van der Waals surface area contributed by atoms with Crippen LogP contribution in [0.25, 0.3) is 17.7 Å². The van der Waals surface area contributed by atoms with Gasteiger partial charge in [0, 0.05) is 31.3 Å². The minimum atomic E-state index is -4.56. The number of hydrogen-bond donors (Lipinski definition) is 1. The second-order valence-electron chi connectivity index (χ2n) is 9.96. The maximum Gasteiger partial charge on any atom is 0.436 e. The molecule has 1 fully saturated rings. The molecule has 4 aromatic rings. The molecule has 1 unspecified atom stereocenters. The van der Waals surface area contributed by atoms with Crippen molar-refractivity contribution in [3.05, 3.63) is 125 Å². The van der Waals surface area contributed by atoms with Gasteiger partial charge in [0.1, 0.15) is 18.5 Å². The first-order valence-corrected chi connectivity index (χ1v) is 13.5. The van der Waals surface area contributed by atoms with Crippen molar-refractivity contribution in [1.29, 1.82) is 0 Å². The maximum atomic E-state index is 12.8. The van der Waals surface area contributed by atoms with E-state index in [4.69, 9.17) is 9.26 Å². The molecule has 2 heterocycles. The van der Waals surface area contributed by atoms with E-state index < -0.39 is 18.0 Å². The molecule has 3 aromatic carbocycles. The topological polar surface area (TPSA) is 58.7 Å². The fourth-order valence-electron chi connectivity index (χ4n) is 5.00. The highest BCUT2D eigenvalue weighted by atomic mass is 19.4. The Bertz CT molecular complexity index is 1430. The van der Waals surface area contributed by atoms with Gasteiger partial charge in [-0.25, -0.2) is 0 Å². The van der Waals surface area contributed by atoms with Gasteiger partial charge in [0.25, 0.3) is 0 Å². The molecule has 1 N–H and O–H groups in total. The maximum absolute atomic E-state index is 12.8. The lowest BCUT2D eigenvalue weighted by Crippen LogP contribution is -2.39. The molecule has 5 nitrogen and oxygen atoms in total. The summed E-state index contributed by atoms with van der Waals surface area (Å²) in [5.41, 5.74) is 4.70. The average molecular weight is 561 g/mol. The van der Waals surface area contributed by atoms with E-state index in [-0.39, 0.29) is 12.4 Å². The largest absolute Gasteiger partial charge is 0.490 e. The number of aromatic nitrogens is 1. The van der Waals surface area contributed by atoms with Crippen LogP contribution in [0.2, 0.25) is 0 Å². The average Bonchev–Trinajstić information content (AvgIpc) is 3.48. The second-order valence-corrected chi connectivity index (χ2v) is 9.96. The normalized spacial score (nSPS) is 15.3. The van der Waals surface area contributed by atoms with E-state index in [1.807, 2.05) is 12.1 Å². The number of halogens is 3. The number of alkyl halides is 3. The van der Waals surface area contributed by atoms with E-state index in [0.717, 1.165) is 32.0 Å². The van der Waals surface area contributed by atoms with E-state index in [1.165, 1.54) is 28.3 Å². The van der Waals surface area contributed by atoms with E-state index in [1.54, 1.807) is 30.3 Å². The minimum absolute atomic E-state index is 0.0200. The third-order valence-electron chi connectivity index (χ3n) is 7.00. The number of aliphatic hydroxyl groups excluding tert-OH is 1. The predicted octanol–water partition coefficient (Wildman–Crippen LogP) is 7.20. The van der Waals surface area contributed by atoms with Gasteiger partial charge in [0.05, 0.1) is 0 Å². The van der Waals surface area contributed by atoms with Gasteiger partial charge in [-0.05, 0) is 47.8 Å². The molecule has 5 rings (SSSR count). The van der Waals surface area contributed by atoms with Gasteiger partial charge in [-0.2, -0.15) is 13.2 Å². The smallest absolute Gasteiger partial charge is 0.436 e. The standard InChI is InChI=1S/C33H31F3N2O3/c34-33(35,36)31-21-29(41-37-31)16-15-24-9-7-8-14-30(24)40-23-28(39)22-38-19-17-27(18-20-38)32(25-10-3-1-4-11-25)26-12-5-2-6-13-26/h1-16,21,28,39H,17-20,22-23H2/b16-15+. The van der Waals surface area contributed by atoms with Crippen LogP contribution in [0.15, 0.2) is 101 Å². The van der Waals surface area contributed by atoms with Crippen LogP contribution < -0.4 is 4.74 Å². The summed E-state index contributed by atoms with van der Waals surface area (Å²) in [7, 11) is 0. The third-order valence-corrected chi connectivity index (χ3v) is 7.00. The van der Waals surface area contributed by atoms with Gasteiger partial charge in [-0.1, -0.05) is 89.6 Å². The second kappa shape index (κ2) is 13.0. The minimum Gasteiger partial charge on any atom is -0.490 e. The van der Waals surface area contributed by atoms with E-state index in [0.29, 0.717) is 17.9 Å². The Hall–Kier alpha value is -4.14. The third kappa shape index (κ3) is 7.54. The summed E-state index contributed by atoms with van der Waals surface area (Å²) in [5.74, 6) is 0.492. The summed E-state index contributed by atoms with van der Waals surface area (Å²) < 4.78 is 49.0. The summed E-state index contributed by atoms with van der Waals surface area (Å²) in [6.07, 6.45) is -0.443. The molecule has 0 saturated carbocycles. The molecule has 0 amide bonds. The summed E-state index contributed by atoms with van der Waals surface area (Å²) in [6, 6.07) is 28.9. The number of likely N-dealkylation sites (tertiary alicyclic amines) is 1. The zero-order valence-electron chi connectivity index (χ0n) is 22.4. The number of nitrogens with zero attached hydrogens (tertiary/aromatic N) is 2. The highest BCUT2D eigenvalue weighted by molar-refractivity contribution is 5.82. The number of aliphatic hydroxyl groups is 1. The molecule has 1 aliphatic heterocycles. The van der Waals surface area contributed by atoms with Crippen LogP contribution in [-0.4, -0.2) is 47.5 Å². The van der Waals surface area contributed by atoms with Crippen LogP contribution in [0.4, 0.5) is 13.2 Å². The van der Waals surface area contributed by atoms with Crippen LogP contribution in [-0.2, 0) is 6.18 Å². The number of hydrogen-bond acceptors (Lipinski definition) is 5. The number of para-hydroxylation sites is 1. The van der Waals surface area contributed by atoms with Crippen molar-refractivity contribution in [3.8, 4) is 5.75 Å². The zero-order valence-corrected chi connectivity index (χ0v) is 22.4. The van der Waals surface area contributed by atoms with Crippen LogP contribution >= 0.6 is 0 Å². The molecule has 0 aliphatic carbocycles. The van der Waals surface area contributed by atoms with Crippen molar-refractivity contribution < 1.29 is 27.5 Å². The first kappa shape index (κ1) is 28.4. The molecule has 0 radical (unpaired) electrons. The summed E-state index contributed by atoms with van der Waals surface area (Å²) in [6.45, 7) is 2.25. The van der Waals surface area contributed by atoms with Crippen molar-refractivity contribution in [2.24, 2.45) is 0 Å². The lowest BCUT2D eigenvalue weighted by atomic mass is 9.88. The number of rotatable bonds is 9. The Balaban J connectivity index is 1.18. The van der Waals surface area contributed by atoms with Crippen molar-refractivity contribution >= 4 is 17.7 Å². The zero-order chi connectivity index (χ0) is 28.7. The summed E-state index contributed by atoms with van der Waals surface area (Å²) in [4.78, 5) is 2.25. The fraction of sp³-hybridized carbons (Fsp3) is 0.242. The van der Waals surface area contributed by atoms with E-state index in [9.17, 15) is 18.3 Å². The summed E-state index contributed by atoms with van der Waals surface area (Å²) in [5, 5.41) is 13.8. The summed E-state index contributed by atoms with van der Waals surface area (Å²) >= 11 is 0. The van der Waals surface area contributed by atoms with Crippen molar-refractivity contribution in [1.82, 2.24) is 10.1 Å². The molecular weight excluding hydrogens is 529 g/mol. The molecular formula is C33H31F3N2O3. The van der Waals surface area contributed by atoms with Crippen molar-refractivity contribution in [3.63, 3.8) is 0 Å². The predicted molar refractivity (Wildman–Crippen MR) is 153 cm³/mol. The van der Waals surface area contributed by atoms with Crippen LogP contribution in [0.5, 0.6) is 5.75 Å². The first-order valence-electron chi connectivity index (χ1n) is 13.5. The Labute approximate surface area is 237 Å². The Morgan fingerprint density at radius 1 is 0.902 bits per heavy atom. The van der Waals surface area contributed by atoms with Gasteiger partial charge in [-0.15, -0.1) is 0 Å². The highest BCUT2D eigenvalue weighted by Crippen LogP contribution is 2.32. The lowest BCUT2D eigenvalue weighted by Gasteiger charge is -2.31. The van der Waals surface area contributed by atoms with Gasteiger partial charge in [-0.3, -0.25) is 4.90 Å². The Kier molecular flexibility index (Phi) is 9.01.